The lowest BCUT2D eigenvalue weighted by Gasteiger charge is -2.07. The first-order valence-corrected chi connectivity index (χ1v) is 6.31. The molecule has 3 heteroatoms. The molecule has 0 amide bonds. The van der Waals surface area contributed by atoms with E-state index in [-0.39, 0.29) is 5.78 Å². The highest BCUT2D eigenvalue weighted by atomic mass is 35.5. The van der Waals surface area contributed by atoms with Crippen LogP contribution >= 0.6 is 23.2 Å². The normalized spacial score (nSPS) is 10.4. The zero-order valence-electron chi connectivity index (χ0n) is 10.1. The molecule has 0 aromatic heterocycles. The number of aryl methyl sites for hydroxylation is 2. The van der Waals surface area contributed by atoms with E-state index in [2.05, 4.69) is 0 Å². The summed E-state index contributed by atoms with van der Waals surface area (Å²) in [6.07, 6.45) is 0. The minimum Gasteiger partial charge on any atom is -0.289 e. The number of ketones is 1. The van der Waals surface area contributed by atoms with Crippen LogP contribution in [0.1, 0.15) is 27.0 Å². The van der Waals surface area contributed by atoms with Gasteiger partial charge in [0, 0.05) is 11.1 Å². The third kappa shape index (κ3) is 2.58. The Morgan fingerprint density at radius 3 is 2.22 bits per heavy atom. The smallest absolute Gasteiger partial charge is 0.194 e. The van der Waals surface area contributed by atoms with Crippen molar-refractivity contribution < 1.29 is 4.79 Å². The van der Waals surface area contributed by atoms with Crippen LogP contribution in [0.5, 0.6) is 0 Å². The van der Waals surface area contributed by atoms with Crippen LogP contribution in [0.15, 0.2) is 36.4 Å². The van der Waals surface area contributed by atoms with Crippen molar-refractivity contribution in [2.24, 2.45) is 0 Å². The Bertz CT molecular complexity index is 598. The van der Waals surface area contributed by atoms with Gasteiger partial charge in [0.05, 0.1) is 10.0 Å². The first kappa shape index (κ1) is 13.1. The summed E-state index contributed by atoms with van der Waals surface area (Å²) in [5.41, 5.74) is 3.18. The molecule has 0 unspecified atom stereocenters. The first-order valence-electron chi connectivity index (χ1n) is 5.56. The van der Waals surface area contributed by atoms with E-state index < -0.39 is 0 Å². The molecule has 0 spiro atoms. The minimum atomic E-state index is -0.102. The molecule has 0 fully saturated rings. The van der Waals surface area contributed by atoms with Crippen molar-refractivity contribution >= 4 is 29.0 Å². The van der Waals surface area contributed by atoms with E-state index in [1.54, 1.807) is 18.2 Å². The number of rotatable bonds is 2. The van der Waals surface area contributed by atoms with Gasteiger partial charge >= 0.3 is 0 Å². The number of carbonyl (C=O) groups is 1. The van der Waals surface area contributed by atoms with Gasteiger partial charge in [-0.3, -0.25) is 4.79 Å². The maximum Gasteiger partial charge on any atom is 0.194 e. The van der Waals surface area contributed by atoms with Crippen molar-refractivity contribution in [2.45, 2.75) is 13.8 Å². The molecule has 1 nitrogen and oxygen atoms in total. The van der Waals surface area contributed by atoms with Crippen LogP contribution in [0.2, 0.25) is 10.0 Å². The molecule has 0 radical (unpaired) electrons. The van der Waals surface area contributed by atoms with Crippen LogP contribution in [0.25, 0.3) is 0 Å². The standard InChI is InChI=1S/C15H12Cl2O/c1-9-6-10(2)8-11(7-9)15(18)12-4-3-5-13(16)14(12)17/h3-8H,1-2H3. The average molecular weight is 279 g/mol. The van der Waals surface area contributed by atoms with E-state index in [1.165, 1.54) is 0 Å². The largest absolute Gasteiger partial charge is 0.289 e. The molecule has 2 rings (SSSR count). The molecule has 0 N–H and O–H groups in total. The number of benzene rings is 2. The Hall–Kier alpha value is -1.31. The second-order valence-corrected chi connectivity index (χ2v) is 5.09. The average Bonchev–Trinajstić information content (AvgIpc) is 2.30. The monoisotopic (exact) mass is 278 g/mol. The lowest BCUT2D eigenvalue weighted by Crippen LogP contribution is -2.03. The van der Waals surface area contributed by atoms with Crippen LogP contribution in [0, 0.1) is 13.8 Å². The fourth-order valence-corrected chi connectivity index (χ4v) is 2.33. The highest BCUT2D eigenvalue weighted by Gasteiger charge is 2.15. The Kier molecular flexibility index (Phi) is 3.74. The quantitative estimate of drug-likeness (QED) is 0.719. The van der Waals surface area contributed by atoms with Crippen LogP contribution in [-0.4, -0.2) is 5.78 Å². The number of hydrogen-bond acceptors (Lipinski definition) is 1. The van der Waals surface area contributed by atoms with E-state index in [1.807, 2.05) is 32.0 Å². The summed E-state index contributed by atoms with van der Waals surface area (Å²) in [5, 5.41) is 0.704. The molecule has 2 aromatic rings. The zero-order valence-corrected chi connectivity index (χ0v) is 11.6. The number of halogens is 2. The third-order valence-corrected chi connectivity index (χ3v) is 3.50. The lowest BCUT2D eigenvalue weighted by atomic mass is 9.99. The van der Waals surface area contributed by atoms with E-state index in [4.69, 9.17) is 23.2 Å². The predicted molar refractivity (Wildman–Crippen MR) is 75.8 cm³/mol. The van der Waals surface area contributed by atoms with Gasteiger partial charge in [-0.2, -0.15) is 0 Å². The maximum absolute atomic E-state index is 12.4. The van der Waals surface area contributed by atoms with E-state index in [0.29, 0.717) is 21.2 Å². The fourth-order valence-electron chi connectivity index (χ4n) is 1.94. The van der Waals surface area contributed by atoms with Gasteiger partial charge in [0.15, 0.2) is 5.78 Å². The third-order valence-electron chi connectivity index (χ3n) is 2.68. The molecule has 2 aromatic carbocycles. The van der Waals surface area contributed by atoms with Gasteiger partial charge in [0.1, 0.15) is 0 Å². The summed E-state index contributed by atoms with van der Waals surface area (Å²) in [6, 6.07) is 10.8. The molecule has 0 saturated carbocycles. The predicted octanol–water partition coefficient (Wildman–Crippen LogP) is 4.84. The molecule has 0 heterocycles. The molecule has 0 aliphatic rings. The second kappa shape index (κ2) is 5.13. The lowest BCUT2D eigenvalue weighted by molar-refractivity contribution is 0.103. The summed E-state index contributed by atoms with van der Waals surface area (Å²) in [6.45, 7) is 3.92. The molecule has 92 valence electrons. The summed E-state index contributed by atoms with van der Waals surface area (Å²) >= 11 is 12.0. The molecule has 0 aliphatic heterocycles. The molecule has 18 heavy (non-hydrogen) atoms. The van der Waals surface area contributed by atoms with E-state index in [0.717, 1.165) is 11.1 Å². The fraction of sp³-hybridized carbons (Fsp3) is 0.133. The van der Waals surface area contributed by atoms with Crippen molar-refractivity contribution in [3.63, 3.8) is 0 Å². The molecule has 0 aliphatic carbocycles. The molecular weight excluding hydrogens is 267 g/mol. The van der Waals surface area contributed by atoms with Gasteiger partial charge in [-0.15, -0.1) is 0 Å². The van der Waals surface area contributed by atoms with Gasteiger partial charge in [-0.1, -0.05) is 46.5 Å². The number of carbonyl (C=O) groups excluding carboxylic acids is 1. The Balaban J connectivity index is 2.51. The topological polar surface area (TPSA) is 17.1 Å². The van der Waals surface area contributed by atoms with Crippen LogP contribution < -0.4 is 0 Å². The van der Waals surface area contributed by atoms with Crippen molar-refractivity contribution in [2.75, 3.05) is 0 Å². The molecule has 0 saturated heterocycles. The van der Waals surface area contributed by atoms with Crippen molar-refractivity contribution in [3.05, 3.63) is 68.7 Å². The zero-order chi connectivity index (χ0) is 13.3. The van der Waals surface area contributed by atoms with Crippen molar-refractivity contribution in [1.29, 1.82) is 0 Å². The summed E-state index contributed by atoms with van der Waals surface area (Å²) in [4.78, 5) is 12.4. The second-order valence-electron chi connectivity index (χ2n) is 4.31. The van der Waals surface area contributed by atoms with Crippen LogP contribution in [0.3, 0.4) is 0 Å². The Morgan fingerprint density at radius 2 is 1.61 bits per heavy atom. The van der Waals surface area contributed by atoms with Gasteiger partial charge in [-0.25, -0.2) is 0 Å². The molecule has 0 bridgehead atoms. The summed E-state index contributed by atoms with van der Waals surface area (Å²) in [5.74, 6) is -0.102. The van der Waals surface area contributed by atoms with Crippen LogP contribution in [0.4, 0.5) is 0 Å². The van der Waals surface area contributed by atoms with Gasteiger partial charge < -0.3 is 0 Å². The minimum absolute atomic E-state index is 0.102. The SMILES string of the molecule is Cc1cc(C)cc(C(=O)c2cccc(Cl)c2Cl)c1. The maximum atomic E-state index is 12.4. The van der Waals surface area contributed by atoms with Crippen molar-refractivity contribution in [3.8, 4) is 0 Å². The number of hydrogen-bond donors (Lipinski definition) is 0. The molecular formula is C15H12Cl2O. The van der Waals surface area contributed by atoms with Gasteiger partial charge in [-0.05, 0) is 38.1 Å². The molecule has 0 atom stereocenters. The van der Waals surface area contributed by atoms with Crippen LogP contribution in [-0.2, 0) is 0 Å². The highest BCUT2D eigenvalue weighted by Crippen LogP contribution is 2.27. The highest BCUT2D eigenvalue weighted by molar-refractivity contribution is 6.44. The summed E-state index contributed by atoms with van der Waals surface area (Å²) in [7, 11) is 0. The Labute approximate surface area is 116 Å². The summed E-state index contributed by atoms with van der Waals surface area (Å²) < 4.78 is 0. The first-order chi connectivity index (χ1) is 8.49. The van der Waals surface area contributed by atoms with Crippen molar-refractivity contribution in [1.82, 2.24) is 0 Å². The Morgan fingerprint density at radius 1 is 1.00 bits per heavy atom. The van der Waals surface area contributed by atoms with Gasteiger partial charge in [0.25, 0.3) is 0 Å². The van der Waals surface area contributed by atoms with E-state index >= 15 is 0 Å². The van der Waals surface area contributed by atoms with E-state index in [9.17, 15) is 4.79 Å². The van der Waals surface area contributed by atoms with Gasteiger partial charge in [0.2, 0.25) is 0 Å².